The number of amides is 1. The first-order chi connectivity index (χ1) is 15.6. The van der Waals surface area contributed by atoms with Crippen molar-refractivity contribution < 1.29 is 19.1 Å². The largest absolute Gasteiger partial charge is 0.492 e. The third-order valence-corrected chi connectivity index (χ3v) is 6.39. The number of esters is 1. The highest BCUT2D eigenvalue weighted by atomic mass is 35.5. The Morgan fingerprint density at radius 2 is 1.66 bits per heavy atom. The Morgan fingerprint density at radius 3 is 2.41 bits per heavy atom. The summed E-state index contributed by atoms with van der Waals surface area (Å²) in [6, 6.07) is 23.4. The van der Waals surface area contributed by atoms with E-state index in [2.05, 4.69) is 5.32 Å². The van der Waals surface area contributed by atoms with Crippen molar-refractivity contribution in [2.75, 3.05) is 11.9 Å². The summed E-state index contributed by atoms with van der Waals surface area (Å²) in [5.41, 5.74) is 1.04. The van der Waals surface area contributed by atoms with Crippen molar-refractivity contribution in [3.8, 4) is 5.75 Å². The van der Waals surface area contributed by atoms with Gasteiger partial charge >= 0.3 is 5.97 Å². The number of carbonyl (C=O) groups excluding carboxylic acids is 2. The summed E-state index contributed by atoms with van der Waals surface area (Å²) < 4.78 is 12.2. The number of anilines is 1. The van der Waals surface area contributed by atoms with Gasteiger partial charge in [0.1, 0.15) is 10.6 Å². The van der Waals surface area contributed by atoms with E-state index in [4.69, 9.17) is 21.1 Å². The molecular formula is C25H20ClNO4S. The zero-order valence-electron chi connectivity index (χ0n) is 17.2. The molecule has 4 rings (SSSR count). The van der Waals surface area contributed by atoms with Gasteiger partial charge in [-0.15, -0.1) is 11.3 Å². The summed E-state index contributed by atoms with van der Waals surface area (Å²) in [6.45, 7) is 2.32. The van der Waals surface area contributed by atoms with Crippen LogP contribution in [0.3, 0.4) is 0 Å². The number of benzene rings is 3. The third-order valence-electron chi connectivity index (χ3n) is 4.73. The van der Waals surface area contributed by atoms with E-state index in [-0.39, 0.29) is 4.88 Å². The van der Waals surface area contributed by atoms with E-state index < -0.39 is 18.0 Å². The lowest BCUT2D eigenvalue weighted by Crippen LogP contribution is -2.26. The van der Waals surface area contributed by atoms with Crippen molar-refractivity contribution in [2.24, 2.45) is 0 Å². The van der Waals surface area contributed by atoms with Gasteiger partial charge in [-0.3, -0.25) is 4.79 Å². The molecule has 0 unspecified atom stereocenters. The highest BCUT2D eigenvalue weighted by molar-refractivity contribution is 7.21. The van der Waals surface area contributed by atoms with E-state index in [9.17, 15) is 9.59 Å². The molecule has 162 valence electrons. The van der Waals surface area contributed by atoms with E-state index in [0.717, 1.165) is 10.1 Å². The number of ether oxygens (including phenoxy) is 2. The van der Waals surface area contributed by atoms with E-state index in [1.807, 2.05) is 43.3 Å². The van der Waals surface area contributed by atoms with E-state index in [0.29, 0.717) is 28.6 Å². The van der Waals surface area contributed by atoms with Crippen molar-refractivity contribution in [1.82, 2.24) is 0 Å². The fraction of sp³-hybridized carbons (Fsp3) is 0.120. The molecule has 4 aromatic rings. The molecule has 0 aliphatic heterocycles. The summed E-state index contributed by atoms with van der Waals surface area (Å²) in [4.78, 5) is 26.5. The van der Waals surface area contributed by atoms with Gasteiger partial charge < -0.3 is 14.8 Å². The van der Waals surface area contributed by atoms with Crippen LogP contribution in [-0.2, 0) is 9.53 Å². The van der Waals surface area contributed by atoms with E-state index in [1.165, 1.54) is 11.3 Å². The highest BCUT2D eigenvalue weighted by Gasteiger charge is 2.28. The summed E-state index contributed by atoms with van der Waals surface area (Å²) in [5, 5.41) is 3.92. The Balaban J connectivity index is 1.63. The number of para-hydroxylation sites is 2. The minimum Gasteiger partial charge on any atom is -0.492 e. The standard InChI is InChI=1S/C25H20ClNO4S/c1-2-30-19-14-8-7-13-18(19)27-24(28)22(16-10-4-3-5-11-16)31-25(29)23-21(26)17-12-6-9-15-20(17)32-23/h3-15,22H,2H2,1H3,(H,27,28)/t22-/m0/s1. The first-order valence-corrected chi connectivity index (χ1v) is 11.2. The number of hydrogen-bond acceptors (Lipinski definition) is 5. The Morgan fingerprint density at radius 1 is 0.969 bits per heavy atom. The number of rotatable bonds is 7. The molecule has 0 saturated heterocycles. The summed E-state index contributed by atoms with van der Waals surface area (Å²) in [7, 11) is 0. The van der Waals surface area contributed by atoms with Crippen molar-refractivity contribution >= 4 is 50.6 Å². The Hall–Kier alpha value is -3.35. The van der Waals surface area contributed by atoms with Gasteiger partial charge in [-0.25, -0.2) is 4.79 Å². The van der Waals surface area contributed by atoms with Crippen LogP contribution in [0.2, 0.25) is 5.02 Å². The molecule has 0 aliphatic carbocycles. The Kier molecular flexibility index (Phi) is 6.73. The quantitative estimate of drug-likeness (QED) is 0.317. The smallest absolute Gasteiger partial charge is 0.351 e. The molecule has 32 heavy (non-hydrogen) atoms. The zero-order chi connectivity index (χ0) is 22.5. The van der Waals surface area contributed by atoms with Crippen LogP contribution in [0.4, 0.5) is 5.69 Å². The third kappa shape index (κ3) is 4.61. The topological polar surface area (TPSA) is 64.6 Å². The van der Waals surface area contributed by atoms with Gasteiger partial charge in [-0.1, -0.05) is 72.3 Å². The van der Waals surface area contributed by atoms with Crippen molar-refractivity contribution in [3.05, 3.63) is 94.3 Å². The van der Waals surface area contributed by atoms with Gasteiger partial charge in [-0.2, -0.15) is 0 Å². The lowest BCUT2D eigenvalue weighted by molar-refractivity contribution is -0.125. The van der Waals surface area contributed by atoms with Gasteiger partial charge in [0.05, 0.1) is 17.3 Å². The van der Waals surface area contributed by atoms with Crippen molar-refractivity contribution in [3.63, 3.8) is 0 Å². The average Bonchev–Trinajstić information content (AvgIpc) is 3.16. The number of fused-ring (bicyclic) bond motifs is 1. The molecule has 0 spiro atoms. The van der Waals surface area contributed by atoms with Crippen molar-refractivity contribution in [1.29, 1.82) is 0 Å². The SMILES string of the molecule is CCOc1ccccc1NC(=O)[C@@H](OC(=O)c1sc2ccccc2c1Cl)c1ccccc1. The Bertz CT molecular complexity index is 1260. The van der Waals surface area contributed by atoms with Gasteiger partial charge in [0.15, 0.2) is 0 Å². The predicted octanol–water partition coefficient (Wildman–Crippen LogP) is 6.49. The molecule has 1 heterocycles. The molecular weight excluding hydrogens is 446 g/mol. The molecule has 1 N–H and O–H groups in total. The molecule has 0 bridgehead atoms. The maximum atomic E-state index is 13.2. The minimum atomic E-state index is -1.17. The lowest BCUT2D eigenvalue weighted by atomic mass is 10.1. The molecule has 0 aliphatic rings. The molecule has 0 fully saturated rings. The summed E-state index contributed by atoms with van der Waals surface area (Å²) in [6.07, 6.45) is -1.17. The second kappa shape index (κ2) is 9.85. The lowest BCUT2D eigenvalue weighted by Gasteiger charge is -2.19. The van der Waals surface area contributed by atoms with Crippen LogP contribution in [-0.4, -0.2) is 18.5 Å². The molecule has 1 aromatic heterocycles. The molecule has 5 nitrogen and oxygen atoms in total. The van der Waals surface area contributed by atoms with Gasteiger partial charge in [0, 0.05) is 15.6 Å². The molecule has 3 aromatic carbocycles. The van der Waals surface area contributed by atoms with Crippen LogP contribution >= 0.6 is 22.9 Å². The van der Waals surface area contributed by atoms with Crippen LogP contribution in [0.5, 0.6) is 5.75 Å². The van der Waals surface area contributed by atoms with Crippen LogP contribution in [0.15, 0.2) is 78.9 Å². The molecule has 0 saturated carbocycles. The fourth-order valence-electron chi connectivity index (χ4n) is 3.26. The maximum Gasteiger partial charge on any atom is 0.351 e. The summed E-state index contributed by atoms with van der Waals surface area (Å²) >= 11 is 7.67. The molecule has 1 atom stereocenters. The zero-order valence-corrected chi connectivity index (χ0v) is 18.8. The molecule has 0 radical (unpaired) electrons. The average molecular weight is 466 g/mol. The summed E-state index contributed by atoms with van der Waals surface area (Å²) in [5.74, 6) is -0.610. The second-order valence-electron chi connectivity index (χ2n) is 6.86. The first kappa shape index (κ1) is 21.9. The molecule has 1 amide bonds. The number of halogens is 1. The van der Waals surface area contributed by atoms with Crippen LogP contribution < -0.4 is 10.1 Å². The van der Waals surface area contributed by atoms with E-state index in [1.54, 1.807) is 42.5 Å². The van der Waals surface area contributed by atoms with Gasteiger partial charge in [0.2, 0.25) is 6.10 Å². The fourth-order valence-corrected chi connectivity index (χ4v) is 4.65. The maximum absolute atomic E-state index is 13.2. The number of nitrogens with one attached hydrogen (secondary N) is 1. The van der Waals surface area contributed by atoms with E-state index >= 15 is 0 Å². The minimum absolute atomic E-state index is 0.260. The van der Waals surface area contributed by atoms with Gasteiger partial charge in [-0.05, 0) is 25.1 Å². The van der Waals surface area contributed by atoms with Crippen molar-refractivity contribution in [2.45, 2.75) is 13.0 Å². The number of hydrogen-bond donors (Lipinski definition) is 1. The van der Waals surface area contributed by atoms with Crippen LogP contribution in [0.1, 0.15) is 28.3 Å². The van der Waals surface area contributed by atoms with Crippen LogP contribution in [0, 0.1) is 0 Å². The van der Waals surface area contributed by atoms with Crippen LogP contribution in [0.25, 0.3) is 10.1 Å². The highest BCUT2D eigenvalue weighted by Crippen LogP contribution is 2.36. The monoisotopic (exact) mass is 465 g/mol. The number of thiophene rings is 1. The normalized spacial score (nSPS) is 11.7. The second-order valence-corrected chi connectivity index (χ2v) is 8.29. The Labute approximate surface area is 194 Å². The number of carbonyl (C=O) groups is 2. The van der Waals surface area contributed by atoms with Gasteiger partial charge in [0.25, 0.3) is 5.91 Å². The predicted molar refractivity (Wildman–Crippen MR) is 128 cm³/mol. The molecule has 7 heteroatoms. The first-order valence-electron chi connectivity index (χ1n) is 10.0.